The molecule has 0 aliphatic carbocycles. The van der Waals surface area contributed by atoms with Crippen LogP contribution < -0.4 is 15.2 Å². The Labute approximate surface area is 128 Å². The lowest BCUT2D eigenvalue weighted by atomic mass is 10.0. The van der Waals surface area contributed by atoms with Crippen LogP contribution in [0.25, 0.3) is 16.9 Å². The van der Waals surface area contributed by atoms with Gasteiger partial charge in [-0.15, -0.1) is 0 Å². The maximum atomic E-state index is 5.75. The van der Waals surface area contributed by atoms with Crippen molar-refractivity contribution in [2.45, 2.75) is 6.42 Å². The van der Waals surface area contributed by atoms with E-state index >= 15 is 0 Å². The summed E-state index contributed by atoms with van der Waals surface area (Å²) in [4.78, 5) is 4.41. The third-order valence-electron chi connectivity index (χ3n) is 3.54. The third-order valence-corrected chi connectivity index (χ3v) is 3.54. The van der Waals surface area contributed by atoms with Crippen LogP contribution in [0.2, 0.25) is 0 Å². The highest BCUT2D eigenvalue weighted by atomic mass is 16.5. The molecule has 2 N–H and O–H groups in total. The fraction of sp³-hybridized carbons (Fsp3) is 0.250. The molecule has 2 aromatic heterocycles. The maximum Gasteiger partial charge on any atom is 0.161 e. The van der Waals surface area contributed by atoms with E-state index in [9.17, 15) is 0 Å². The molecule has 0 spiro atoms. The molecule has 0 amide bonds. The summed E-state index contributed by atoms with van der Waals surface area (Å²) in [6.45, 7) is 0.540. The van der Waals surface area contributed by atoms with E-state index in [4.69, 9.17) is 15.2 Å². The first-order chi connectivity index (χ1) is 10.8. The van der Waals surface area contributed by atoms with Crippen molar-refractivity contribution in [1.82, 2.24) is 14.6 Å². The van der Waals surface area contributed by atoms with E-state index < -0.39 is 0 Å². The highest BCUT2D eigenvalue weighted by Crippen LogP contribution is 2.33. The van der Waals surface area contributed by atoms with E-state index in [1.165, 1.54) is 0 Å². The molecule has 6 heteroatoms. The van der Waals surface area contributed by atoms with Crippen molar-refractivity contribution in [1.29, 1.82) is 0 Å². The van der Waals surface area contributed by atoms with Gasteiger partial charge in [0.25, 0.3) is 0 Å². The minimum atomic E-state index is 0.540. The Morgan fingerprint density at radius 1 is 1.18 bits per heavy atom. The summed E-state index contributed by atoms with van der Waals surface area (Å²) in [5.74, 6) is 1.36. The number of nitrogens with two attached hydrogens (primary N) is 1. The molecular formula is C16H18N4O2. The summed E-state index contributed by atoms with van der Waals surface area (Å²) >= 11 is 0. The largest absolute Gasteiger partial charge is 0.493 e. The lowest BCUT2D eigenvalue weighted by molar-refractivity contribution is 0.355. The number of benzene rings is 1. The van der Waals surface area contributed by atoms with E-state index in [1.54, 1.807) is 24.9 Å². The number of fused-ring (bicyclic) bond motifs is 1. The lowest BCUT2D eigenvalue weighted by Crippen LogP contribution is -2.04. The van der Waals surface area contributed by atoms with E-state index in [0.29, 0.717) is 24.5 Å². The molecule has 1 aromatic carbocycles. The zero-order valence-electron chi connectivity index (χ0n) is 12.6. The van der Waals surface area contributed by atoms with Gasteiger partial charge in [-0.1, -0.05) is 0 Å². The Balaban J connectivity index is 2.19. The fourth-order valence-electron chi connectivity index (χ4n) is 2.52. The highest BCUT2D eigenvalue weighted by Gasteiger charge is 2.16. The molecule has 0 saturated heterocycles. The molecule has 3 aromatic rings. The average Bonchev–Trinajstić information content (AvgIpc) is 2.93. The molecule has 6 nitrogen and oxygen atoms in total. The number of rotatable bonds is 5. The van der Waals surface area contributed by atoms with E-state index in [2.05, 4.69) is 10.1 Å². The molecule has 0 saturated carbocycles. The predicted molar refractivity (Wildman–Crippen MR) is 84.3 cm³/mol. The summed E-state index contributed by atoms with van der Waals surface area (Å²) in [5.41, 5.74) is 9.43. The number of methoxy groups -OCH3 is 2. The second-order valence-corrected chi connectivity index (χ2v) is 4.82. The van der Waals surface area contributed by atoms with Crippen LogP contribution in [0, 0.1) is 0 Å². The first kappa shape index (κ1) is 14.3. The van der Waals surface area contributed by atoms with Crippen molar-refractivity contribution >= 4 is 5.65 Å². The highest BCUT2D eigenvalue weighted by molar-refractivity contribution is 5.72. The molecule has 0 bridgehead atoms. The Kier molecular flexibility index (Phi) is 3.93. The van der Waals surface area contributed by atoms with Crippen LogP contribution in [0.15, 0.2) is 36.7 Å². The van der Waals surface area contributed by atoms with Crippen molar-refractivity contribution in [2.75, 3.05) is 20.8 Å². The summed E-state index contributed by atoms with van der Waals surface area (Å²) < 4.78 is 12.4. The van der Waals surface area contributed by atoms with Crippen LogP contribution in [0.5, 0.6) is 11.5 Å². The molecule has 0 fully saturated rings. The number of ether oxygens (including phenoxy) is 2. The van der Waals surface area contributed by atoms with Crippen LogP contribution in [0.3, 0.4) is 0 Å². The first-order valence-corrected chi connectivity index (χ1v) is 7.03. The van der Waals surface area contributed by atoms with Crippen molar-refractivity contribution in [3.63, 3.8) is 0 Å². The van der Waals surface area contributed by atoms with Gasteiger partial charge in [-0.3, -0.25) is 0 Å². The van der Waals surface area contributed by atoms with Crippen LogP contribution in [-0.2, 0) is 6.42 Å². The van der Waals surface area contributed by atoms with Gasteiger partial charge in [0.1, 0.15) is 0 Å². The molecule has 0 radical (unpaired) electrons. The quantitative estimate of drug-likeness (QED) is 0.779. The Hall–Kier alpha value is -2.60. The normalized spacial score (nSPS) is 10.9. The average molecular weight is 298 g/mol. The molecule has 2 heterocycles. The van der Waals surface area contributed by atoms with Gasteiger partial charge in [0, 0.05) is 23.5 Å². The third kappa shape index (κ3) is 2.37. The molecular weight excluding hydrogens is 280 g/mol. The first-order valence-electron chi connectivity index (χ1n) is 7.03. The number of aromatic nitrogens is 3. The molecule has 0 aliphatic heterocycles. The van der Waals surface area contributed by atoms with Gasteiger partial charge in [0.2, 0.25) is 0 Å². The summed E-state index contributed by atoms with van der Waals surface area (Å²) in [6.07, 6.45) is 4.35. The van der Waals surface area contributed by atoms with Crippen LogP contribution in [0.4, 0.5) is 0 Å². The Morgan fingerprint density at radius 2 is 2.00 bits per heavy atom. The fourth-order valence-corrected chi connectivity index (χ4v) is 2.52. The van der Waals surface area contributed by atoms with E-state index in [1.807, 2.05) is 30.5 Å². The summed E-state index contributed by atoms with van der Waals surface area (Å²) in [6, 6.07) is 7.60. The van der Waals surface area contributed by atoms with Gasteiger partial charge >= 0.3 is 0 Å². The number of nitrogens with zero attached hydrogens (tertiary/aromatic N) is 3. The maximum absolute atomic E-state index is 5.75. The van der Waals surface area contributed by atoms with Gasteiger partial charge in [0.05, 0.1) is 19.9 Å². The minimum Gasteiger partial charge on any atom is -0.493 e. The lowest BCUT2D eigenvalue weighted by Gasteiger charge is -2.09. The molecule has 0 atom stereocenters. The number of hydrogen-bond acceptors (Lipinski definition) is 5. The number of hydrogen-bond donors (Lipinski definition) is 1. The van der Waals surface area contributed by atoms with Crippen molar-refractivity contribution in [3.05, 3.63) is 42.2 Å². The Morgan fingerprint density at radius 3 is 2.73 bits per heavy atom. The second-order valence-electron chi connectivity index (χ2n) is 4.82. The molecule has 22 heavy (non-hydrogen) atoms. The summed E-state index contributed by atoms with van der Waals surface area (Å²) in [5, 5.41) is 4.63. The minimum absolute atomic E-state index is 0.540. The van der Waals surface area contributed by atoms with Crippen molar-refractivity contribution < 1.29 is 9.47 Å². The van der Waals surface area contributed by atoms with Crippen LogP contribution in [-0.4, -0.2) is 35.4 Å². The van der Waals surface area contributed by atoms with Crippen LogP contribution >= 0.6 is 0 Å². The zero-order valence-corrected chi connectivity index (χ0v) is 12.6. The van der Waals surface area contributed by atoms with Crippen molar-refractivity contribution in [2.24, 2.45) is 5.73 Å². The van der Waals surface area contributed by atoms with E-state index in [0.717, 1.165) is 22.5 Å². The molecule has 114 valence electrons. The van der Waals surface area contributed by atoms with Gasteiger partial charge in [0.15, 0.2) is 17.1 Å². The molecule has 3 rings (SSSR count). The molecule has 0 unspecified atom stereocenters. The predicted octanol–water partition coefficient (Wildman–Crippen LogP) is 1.91. The zero-order chi connectivity index (χ0) is 15.5. The summed E-state index contributed by atoms with van der Waals surface area (Å²) in [7, 11) is 3.24. The standard InChI is InChI=1S/C16H18N4O2/c1-21-13-5-4-11(10-14(13)22-2)15-12(6-7-17)16-18-8-3-9-20(16)19-15/h3-5,8-10H,6-7,17H2,1-2H3. The van der Waals surface area contributed by atoms with Crippen molar-refractivity contribution in [3.8, 4) is 22.8 Å². The van der Waals surface area contributed by atoms with Crippen LogP contribution in [0.1, 0.15) is 5.56 Å². The van der Waals surface area contributed by atoms with Gasteiger partial charge < -0.3 is 15.2 Å². The van der Waals surface area contributed by atoms with Gasteiger partial charge in [-0.2, -0.15) is 5.10 Å². The monoisotopic (exact) mass is 298 g/mol. The second kappa shape index (κ2) is 6.03. The van der Waals surface area contributed by atoms with Gasteiger partial charge in [-0.05, 0) is 37.2 Å². The SMILES string of the molecule is COc1ccc(-c2nn3cccnc3c2CCN)cc1OC. The smallest absolute Gasteiger partial charge is 0.161 e. The topological polar surface area (TPSA) is 74.7 Å². The Bertz CT molecular complexity index is 798. The van der Waals surface area contributed by atoms with Gasteiger partial charge in [-0.25, -0.2) is 9.50 Å². The van der Waals surface area contributed by atoms with E-state index in [-0.39, 0.29) is 0 Å². The molecule has 0 aliphatic rings.